The van der Waals surface area contributed by atoms with Crippen LogP contribution in [0.4, 0.5) is 5.69 Å². The standard InChI is InChI=1S/C14H23BrN4O2/c15-13-12(11-17-19(9-10-20)14(13)21)16-5-8-18-6-3-1-2-4-7-18/h11,16,20H,1-10H2. The van der Waals surface area contributed by atoms with E-state index in [4.69, 9.17) is 5.11 Å². The number of hydrogen-bond donors (Lipinski definition) is 2. The molecule has 6 nitrogen and oxygen atoms in total. The average Bonchev–Trinajstić information content (AvgIpc) is 2.75. The van der Waals surface area contributed by atoms with E-state index in [0.717, 1.165) is 13.1 Å². The number of aliphatic hydroxyl groups excluding tert-OH is 1. The van der Waals surface area contributed by atoms with Crippen molar-refractivity contribution >= 4 is 21.6 Å². The summed E-state index contributed by atoms with van der Waals surface area (Å²) < 4.78 is 1.73. The van der Waals surface area contributed by atoms with Crippen LogP contribution in [0.5, 0.6) is 0 Å². The number of halogens is 1. The second-order valence-corrected chi connectivity index (χ2v) is 6.10. The van der Waals surface area contributed by atoms with Crippen molar-refractivity contribution in [3.05, 3.63) is 21.0 Å². The molecule has 21 heavy (non-hydrogen) atoms. The van der Waals surface area contributed by atoms with Crippen LogP contribution in [0.15, 0.2) is 15.5 Å². The number of rotatable bonds is 6. The Balaban J connectivity index is 1.88. The van der Waals surface area contributed by atoms with Crippen LogP contribution in [0.3, 0.4) is 0 Å². The lowest BCUT2D eigenvalue weighted by Gasteiger charge is -2.20. The van der Waals surface area contributed by atoms with E-state index in [-0.39, 0.29) is 18.7 Å². The van der Waals surface area contributed by atoms with Crippen LogP contribution in [-0.2, 0) is 6.54 Å². The summed E-state index contributed by atoms with van der Waals surface area (Å²) in [6, 6.07) is 0. The van der Waals surface area contributed by atoms with Crippen molar-refractivity contribution in [1.82, 2.24) is 14.7 Å². The molecule has 1 aliphatic heterocycles. The fourth-order valence-corrected chi connectivity index (χ4v) is 3.00. The molecule has 0 radical (unpaired) electrons. The Kier molecular flexibility index (Phi) is 6.66. The van der Waals surface area contributed by atoms with Gasteiger partial charge in [-0.2, -0.15) is 5.10 Å². The van der Waals surface area contributed by atoms with Gasteiger partial charge in [0.15, 0.2) is 0 Å². The third-order valence-corrected chi connectivity index (χ3v) is 4.51. The Hall–Kier alpha value is -0.920. The zero-order valence-electron chi connectivity index (χ0n) is 12.2. The summed E-state index contributed by atoms with van der Waals surface area (Å²) >= 11 is 3.31. The van der Waals surface area contributed by atoms with Gasteiger partial charge in [-0.15, -0.1) is 0 Å². The first-order valence-corrected chi connectivity index (χ1v) is 8.34. The number of hydrogen-bond acceptors (Lipinski definition) is 5. The van der Waals surface area contributed by atoms with Crippen LogP contribution in [0.25, 0.3) is 0 Å². The summed E-state index contributed by atoms with van der Waals surface area (Å²) in [6.45, 7) is 4.22. The number of anilines is 1. The minimum Gasteiger partial charge on any atom is -0.394 e. The average molecular weight is 359 g/mol. The number of nitrogens with one attached hydrogen (secondary N) is 1. The van der Waals surface area contributed by atoms with Gasteiger partial charge in [-0.3, -0.25) is 4.79 Å². The van der Waals surface area contributed by atoms with Crippen molar-refractivity contribution < 1.29 is 5.11 Å². The molecular weight excluding hydrogens is 336 g/mol. The summed E-state index contributed by atoms with van der Waals surface area (Å²) in [5, 5.41) is 16.2. The topological polar surface area (TPSA) is 70.4 Å². The second kappa shape index (κ2) is 8.51. The van der Waals surface area contributed by atoms with Crippen molar-refractivity contribution in [2.24, 2.45) is 0 Å². The molecule has 1 fully saturated rings. The van der Waals surface area contributed by atoms with Gasteiger partial charge in [-0.05, 0) is 41.9 Å². The third-order valence-electron chi connectivity index (χ3n) is 3.74. The molecule has 0 unspecified atom stereocenters. The molecule has 0 bridgehead atoms. The minimum absolute atomic E-state index is 0.0961. The summed E-state index contributed by atoms with van der Waals surface area (Å²) in [5.74, 6) is 0. The normalized spacial score (nSPS) is 16.7. The van der Waals surface area contributed by atoms with Gasteiger partial charge in [-0.1, -0.05) is 12.8 Å². The number of aliphatic hydroxyl groups is 1. The van der Waals surface area contributed by atoms with Crippen LogP contribution in [-0.4, -0.2) is 52.6 Å². The predicted octanol–water partition coefficient (Wildman–Crippen LogP) is 1.29. The van der Waals surface area contributed by atoms with Crippen LogP contribution < -0.4 is 10.9 Å². The maximum absolute atomic E-state index is 12.0. The number of nitrogens with zero attached hydrogens (tertiary/aromatic N) is 3. The largest absolute Gasteiger partial charge is 0.394 e. The molecule has 0 aromatic carbocycles. The number of likely N-dealkylation sites (tertiary alicyclic amines) is 1. The SMILES string of the molecule is O=c1c(Br)c(NCCN2CCCCCC2)cnn1CCO. The summed E-state index contributed by atoms with van der Waals surface area (Å²) in [6.07, 6.45) is 6.86. The maximum atomic E-state index is 12.0. The molecule has 7 heteroatoms. The van der Waals surface area contributed by atoms with Crippen molar-refractivity contribution in [1.29, 1.82) is 0 Å². The van der Waals surface area contributed by atoms with Crippen LogP contribution >= 0.6 is 15.9 Å². The molecule has 0 saturated carbocycles. The maximum Gasteiger partial charge on any atom is 0.283 e. The quantitative estimate of drug-likeness (QED) is 0.801. The molecule has 2 rings (SSSR count). The fraction of sp³-hybridized carbons (Fsp3) is 0.714. The Morgan fingerprint density at radius 3 is 2.62 bits per heavy atom. The van der Waals surface area contributed by atoms with E-state index in [2.05, 4.69) is 31.2 Å². The van der Waals surface area contributed by atoms with Crippen LogP contribution in [0.1, 0.15) is 25.7 Å². The van der Waals surface area contributed by atoms with Crippen molar-refractivity contribution in [3.8, 4) is 0 Å². The van der Waals surface area contributed by atoms with E-state index in [9.17, 15) is 4.79 Å². The highest BCUT2D eigenvalue weighted by atomic mass is 79.9. The number of aromatic nitrogens is 2. The zero-order valence-corrected chi connectivity index (χ0v) is 13.8. The minimum atomic E-state index is -0.219. The van der Waals surface area contributed by atoms with Gasteiger partial charge >= 0.3 is 0 Å². The van der Waals surface area contributed by atoms with Gasteiger partial charge in [0.1, 0.15) is 4.47 Å². The van der Waals surface area contributed by atoms with Gasteiger partial charge in [0.25, 0.3) is 5.56 Å². The van der Waals surface area contributed by atoms with Gasteiger partial charge in [0.05, 0.1) is 25.0 Å². The molecule has 2 heterocycles. The van der Waals surface area contributed by atoms with Gasteiger partial charge < -0.3 is 15.3 Å². The first-order chi connectivity index (χ1) is 10.2. The lowest BCUT2D eigenvalue weighted by Crippen LogP contribution is -2.31. The smallest absolute Gasteiger partial charge is 0.283 e. The molecule has 1 aromatic heterocycles. The Morgan fingerprint density at radius 2 is 1.95 bits per heavy atom. The second-order valence-electron chi connectivity index (χ2n) is 5.31. The highest BCUT2D eigenvalue weighted by Crippen LogP contribution is 2.16. The van der Waals surface area contributed by atoms with E-state index in [1.54, 1.807) is 6.20 Å². The van der Waals surface area contributed by atoms with Crippen molar-refractivity contribution in [2.45, 2.75) is 32.2 Å². The molecule has 0 spiro atoms. The molecule has 118 valence electrons. The predicted molar refractivity (Wildman–Crippen MR) is 86.7 cm³/mol. The molecule has 2 N–H and O–H groups in total. The highest BCUT2D eigenvalue weighted by molar-refractivity contribution is 9.10. The van der Waals surface area contributed by atoms with Crippen LogP contribution in [0, 0.1) is 0 Å². The third kappa shape index (κ3) is 4.79. The fourth-order valence-electron chi connectivity index (χ4n) is 2.55. The molecule has 1 aliphatic rings. The monoisotopic (exact) mass is 358 g/mol. The molecule has 1 saturated heterocycles. The van der Waals surface area contributed by atoms with Gasteiger partial charge in [0, 0.05) is 13.1 Å². The van der Waals surface area contributed by atoms with Crippen molar-refractivity contribution in [3.63, 3.8) is 0 Å². The van der Waals surface area contributed by atoms with E-state index in [1.807, 2.05) is 0 Å². The van der Waals surface area contributed by atoms with Crippen molar-refractivity contribution in [2.75, 3.05) is 38.1 Å². The molecule has 0 amide bonds. The lowest BCUT2D eigenvalue weighted by atomic mass is 10.2. The Bertz CT molecular complexity index is 498. The van der Waals surface area contributed by atoms with Gasteiger partial charge in [-0.25, -0.2) is 4.68 Å². The highest BCUT2D eigenvalue weighted by Gasteiger charge is 2.10. The lowest BCUT2D eigenvalue weighted by molar-refractivity contribution is 0.266. The molecular formula is C14H23BrN4O2. The Labute approximate surface area is 133 Å². The van der Waals surface area contributed by atoms with E-state index < -0.39 is 0 Å². The molecule has 0 atom stereocenters. The van der Waals surface area contributed by atoms with Crippen LogP contribution in [0.2, 0.25) is 0 Å². The molecule has 1 aromatic rings. The van der Waals surface area contributed by atoms with Gasteiger partial charge in [0.2, 0.25) is 0 Å². The summed E-state index contributed by atoms with van der Waals surface area (Å²) in [7, 11) is 0. The first-order valence-electron chi connectivity index (χ1n) is 7.55. The van der Waals surface area contributed by atoms with E-state index in [1.165, 1.54) is 43.5 Å². The van der Waals surface area contributed by atoms with E-state index in [0.29, 0.717) is 10.2 Å². The summed E-state index contributed by atoms with van der Waals surface area (Å²) in [5.41, 5.74) is 0.493. The zero-order chi connectivity index (χ0) is 15.1. The van der Waals surface area contributed by atoms with E-state index >= 15 is 0 Å². The molecule has 0 aliphatic carbocycles. The first kappa shape index (κ1) is 16.5. The summed E-state index contributed by atoms with van der Waals surface area (Å²) in [4.78, 5) is 14.4. The Morgan fingerprint density at radius 1 is 1.24 bits per heavy atom.